The third-order valence-electron chi connectivity index (χ3n) is 6.52. The predicted molar refractivity (Wildman–Crippen MR) is 145 cm³/mol. The zero-order valence-corrected chi connectivity index (χ0v) is 22.6. The molecule has 38 heavy (non-hydrogen) atoms. The smallest absolute Gasteiger partial charge is 0.411 e. The minimum atomic E-state index is -0.896. The molecule has 10 heteroatoms. The number of rotatable bonds is 10. The van der Waals surface area contributed by atoms with Crippen LogP contribution in [0.5, 0.6) is 0 Å². The first kappa shape index (κ1) is 27.9. The largest absolute Gasteiger partial charge is 0.438 e. The molecule has 2 aliphatic heterocycles. The molecular weight excluding hydrogens is 508 g/mol. The molecule has 0 spiro atoms. The van der Waals surface area contributed by atoms with Crippen LogP contribution in [0.2, 0.25) is 5.02 Å². The van der Waals surface area contributed by atoms with Crippen LogP contribution in [-0.4, -0.2) is 73.1 Å². The molecule has 2 N–H and O–H groups in total. The first-order chi connectivity index (χ1) is 18.3. The number of benzene rings is 2. The zero-order valence-electron chi connectivity index (χ0n) is 21.8. The normalized spacial score (nSPS) is 19.9. The standard InChI is InChI=1S/C28H35ClN4O5/c1-19(2)15-24(34)31-23-8-4-6-21(17-23)26-25(27(35)30-9-10-32-11-13-37-14-12-32)33(28(36)38-26)18-20-5-3-7-22(29)16-20/h3-8,16-17,19,25-26H,9-15,18H2,1-2H3,(H,30,35)(H,31,34). The van der Waals surface area contributed by atoms with Gasteiger partial charge in [-0.05, 0) is 41.3 Å². The maximum absolute atomic E-state index is 13.5. The third kappa shape index (κ3) is 7.46. The van der Waals surface area contributed by atoms with Crippen molar-refractivity contribution in [3.05, 3.63) is 64.7 Å². The van der Waals surface area contributed by atoms with Gasteiger partial charge >= 0.3 is 6.09 Å². The molecule has 2 saturated heterocycles. The molecule has 2 atom stereocenters. The Bertz CT molecular complexity index is 1140. The highest BCUT2D eigenvalue weighted by molar-refractivity contribution is 6.30. The van der Waals surface area contributed by atoms with Crippen LogP contribution in [-0.2, 0) is 25.6 Å². The van der Waals surface area contributed by atoms with Gasteiger partial charge < -0.3 is 20.1 Å². The van der Waals surface area contributed by atoms with Crippen LogP contribution < -0.4 is 10.6 Å². The SMILES string of the molecule is CC(C)CC(=O)Nc1cccc(C2OC(=O)N(Cc3cccc(Cl)c3)C2C(=O)NCCN2CCOCC2)c1. The maximum Gasteiger partial charge on any atom is 0.411 e. The van der Waals surface area contributed by atoms with E-state index in [0.29, 0.717) is 49.0 Å². The molecule has 204 valence electrons. The second-order valence-electron chi connectivity index (χ2n) is 10.0. The average molecular weight is 543 g/mol. The van der Waals surface area contributed by atoms with E-state index in [1.54, 1.807) is 42.5 Å². The highest BCUT2D eigenvalue weighted by Gasteiger charge is 2.47. The Hall–Kier alpha value is -3.14. The summed E-state index contributed by atoms with van der Waals surface area (Å²) in [5.41, 5.74) is 2.00. The van der Waals surface area contributed by atoms with Crippen molar-refractivity contribution in [1.29, 1.82) is 0 Å². The highest BCUT2D eigenvalue weighted by atomic mass is 35.5. The third-order valence-corrected chi connectivity index (χ3v) is 6.75. The fourth-order valence-corrected chi connectivity index (χ4v) is 4.90. The van der Waals surface area contributed by atoms with Crippen molar-refractivity contribution in [3.63, 3.8) is 0 Å². The van der Waals surface area contributed by atoms with Gasteiger partial charge in [-0.2, -0.15) is 0 Å². The number of hydrogen-bond donors (Lipinski definition) is 2. The Kier molecular flexibility index (Phi) is 9.60. The lowest BCUT2D eigenvalue weighted by Crippen LogP contribution is -2.48. The summed E-state index contributed by atoms with van der Waals surface area (Å²) in [4.78, 5) is 42.6. The number of nitrogens with one attached hydrogen (secondary N) is 2. The lowest BCUT2D eigenvalue weighted by atomic mass is 10.00. The van der Waals surface area contributed by atoms with E-state index in [0.717, 1.165) is 18.7 Å². The van der Waals surface area contributed by atoms with Crippen molar-refractivity contribution in [2.24, 2.45) is 5.92 Å². The number of morpholine rings is 1. The van der Waals surface area contributed by atoms with Gasteiger partial charge in [-0.25, -0.2) is 4.79 Å². The van der Waals surface area contributed by atoms with Crippen LogP contribution >= 0.6 is 11.6 Å². The zero-order chi connectivity index (χ0) is 27.1. The Balaban J connectivity index is 1.53. The van der Waals surface area contributed by atoms with Crippen LogP contribution in [0.25, 0.3) is 0 Å². The predicted octanol–water partition coefficient (Wildman–Crippen LogP) is 3.84. The molecule has 2 aromatic rings. The van der Waals surface area contributed by atoms with E-state index >= 15 is 0 Å². The fraction of sp³-hybridized carbons (Fsp3) is 0.464. The van der Waals surface area contributed by atoms with Gasteiger partial charge in [0.05, 0.1) is 19.8 Å². The number of halogens is 1. The number of carbonyl (C=O) groups excluding carboxylic acids is 3. The van der Waals surface area contributed by atoms with E-state index in [9.17, 15) is 14.4 Å². The van der Waals surface area contributed by atoms with Crippen molar-refractivity contribution >= 4 is 35.2 Å². The van der Waals surface area contributed by atoms with Gasteiger partial charge in [-0.15, -0.1) is 0 Å². The molecule has 0 bridgehead atoms. The van der Waals surface area contributed by atoms with Crippen LogP contribution in [0.4, 0.5) is 10.5 Å². The summed E-state index contributed by atoms with van der Waals surface area (Å²) in [6, 6.07) is 13.4. The Morgan fingerprint density at radius 1 is 1.11 bits per heavy atom. The highest BCUT2D eigenvalue weighted by Crippen LogP contribution is 2.35. The van der Waals surface area contributed by atoms with Crippen LogP contribution in [0, 0.1) is 5.92 Å². The van der Waals surface area contributed by atoms with Gasteiger partial charge in [-0.3, -0.25) is 19.4 Å². The lowest BCUT2D eigenvalue weighted by molar-refractivity contribution is -0.126. The van der Waals surface area contributed by atoms with Crippen LogP contribution in [0.3, 0.4) is 0 Å². The molecule has 2 unspecified atom stereocenters. The van der Waals surface area contributed by atoms with Gasteiger partial charge in [0, 0.05) is 43.3 Å². The summed E-state index contributed by atoms with van der Waals surface area (Å²) in [5.74, 6) is -0.175. The number of nitrogens with zero attached hydrogens (tertiary/aromatic N) is 2. The second-order valence-corrected chi connectivity index (χ2v) is 10.5. The maximum atomic E-state index is 13.5. The van der Waals surface area contributed by atoms with Crippen molar-refractivity contribution in [2.45, 2.75) is 39.0 Å². The van der Waals surface area contributed by atoms with Crippen molar-refractivity contribution in [3.8, 4) is 0 Å². The minimum absolute atomic E-state index is 0.0967. The number of cyclic esters (lactones) is 1. The van der Waals surface area contributed by atoms with E-state index in [2.05, 4.69) is 15.5 Å². The van der Waals surface area contributed by atoms with Crippen molar-refractivity contribution in [2.75, 3.05) is 44.7 Å². The lowest BCUT2D eigenvalue weighted by Gasteiger charge is -2.28. The first-order valence-electron chi connectivity index (χ1n) is 13.0. The first-order valence-corrected chi connectivity index (χ1v) is 13.4. The van der Waals surface area contributed by atoms with E-state index in [-0.39, 0.29) is 24.3 Å². The number of anilines is 1. The summed E-state index contributed by atoms with van der Waals surface area (Å²) in [6.45, 7) is 8.24. The van der Waals surface area contributed by atoms with E-state index < -0.39 is 18.2 Å². The van der Waals surface area contributed by atoms with Gasteiger partial charge in [0.1, 0.15) is 0 Å². The molecule has 4 rings (SSSR count). The Morgan fingerprint density at radius 2 is 1.87 bits per heavy atom. The molecule has 2 aliphatic rings. The minimum Gasteiger partial charge on any atom is -0.438 e. The molecule has 0 aliphatic carbocycles. The molecule has 9 nitrogen and oxygen atoms in total. The molecule has 3 amide bonds. The second kappa shape index (κ2) is 13.1. The van der Waals surface area contributed by atoms with E-state index in [1.807, 2.05) is 19.9 Å². The summed E-state index contributed by atoms with van der Waals surface area (Å²) >= 11 is 6.16. The number of ether oxygens (including phenoxy) is 2. The number of amides is 3. The number of hydrogen-bond acceptors (Lipinski definition) is 6. The summed E-state index contributed by atoms with van der Waals surface area (Å²) < 4.78 is 11.2. The van der Waals surface area contributed by atoms with Crippen LogP contribution in [0.15, 0.2) is 48.5 Å². The van der Waals surface area contributed by atoms with Crippen molar-refractivity contribution in [1.82, 2.24) is 15.1 Å². The summed E-state index contributed by atoms with van der Waals surface area (Å²) in [6.07, 6.45) is -1.03. The van der Waals surface area contributed by atoms with E-state index in [4.69, 9.17) is 21.1 Å². The van der Waals surface area contributed by atoms with Gasteiger partial charge in [0.25, 0.3) is 0 Å². The number of carbonyl (C=O) groups is 3. The quantitative estimate of drug-likeness (QED) is 0.473. The summed E-state index contributed by atoms with van der Waals surface area (Å²) in [7, 11) is 0. The van der Waals surface area contributed by atoms with Gasteiger partial charge in [0.15, 0.2) is 12.1 Å². The van der Waals surface area contributed by atoms with Gasteiger partial charge in [-0.1, -0.05) is 49.7 Å². The Morgan fingerprint density at radius 3 is 2.61 bits per heavy atom. The molecule has 0 radical (unpaired) electrons. The average Bonchev–Trinajstić information content (AvgIpc) is 3.20. The monoisotopic (exact) mass is 542 g/mol. The molecule has 2 heterocycles. The molecule has 0 aromatic heterocycles. The van der Waals surface area contributed by atoms with Crippen LogP contribution in [0.1, 0.15) is 37.5 Å². The molecule has 2 fully saturated rings. The van der Waals surface area contributed by atoms with E-state index in [1.165, 1.54) is 4.90 Å². The fourth-order valence-electron chi connectivity index (χ4n) is 4.68. The van der Waals surface area contributed by atoms with Gasteiger partial charge in [0.2, 0.25) is 11.8 Å². The molecule has 0 saturated carbocycles. The molecular formula is C28H35ClN4O5. The molecule has 2 aromatic carbocycles. The van der Waals surface area contributed by atoms with Crippen molar-refractivity contribution < 1.29 is 23.9 Å². The summed E-state index contributed by atoms with van der Waals surface area (Å²) in [5, 5.41) is 6.44. The Labute approximate surface area is 228 Å². The topological polar surface area (TPSA) is 100 Å².